The molecule has 2 N–H and O–H groups in total. The second-order valence-electron chi connectivity index (χ2n) is 7.19. The summed E-state index contributed by atoms with van der Waals surface area (Å²) in [7, 11) is 1.53. The lowest BCUT2D eigenvalue weighted by atomic mass is 9.90. The predicted molar refractivity (Wildman–Crippen MR) is 97.6 cm³/mol. The Hall–Kier alpha value is -3.08. The number of hydrogen-bond acceptors (Lipinski definition) is 5. The van der Waals surface area contributed by atoms with Gasteiger partial charge in [0.05, 0.1) is 13.2 Å². The molecule has 8 nitrogen and oxygen atoms in total. The van der Waals surface area contributed by atoms with E-state index in [4.69, 9.17) is 4.74 Å². The minimum absolute atomic E-state index is 0.140. The zero-order valence-electron chi connectivity index (χ0n) is 16.1. The van der Waals surface area contributed by atoms with E-state index in [1.807, 2.05) is 0 Å². The van der Waals surface area contributed by atoms with Gasteiger partial charge in [0, 0.05) is 0 Å². The van der Waals surface area contributed by atoms with Crippen molar-refractivity contribution in [1.82, 2.24) is 15.5 Å². The first-order valence-corrected chi connectivity index (χ1v) is 8.58. The van der Waals surface area contributed by atoms with Crippen LogP contribution < -0.4 is 15.4 Å². The summed E-state index contributed by atoms with van der Waals surface area (Å²) < 4.78 is 5.10. The molecule has 1 aromatic rings. The third-order valence-corrected chi connectivity index (χ3v) is 5.03. The SMILES string of the molecule is COc1ccc([C@]2(C)NC(=O)N(CC(=O)N[C@](C)(C#N)C(C)C)C2=O)cc1. The Bertz CT molecular complexity index is 799. The number of ether oxygens (including phenoxy) is 1. The van der Waals surface area contributed by atoms with Gasteiger partial charge >= 0.3 is 6.03 Å². The molecule has 0 radical (unpaired) electrons. The zero-order chi connectivity index (χ0) is 20.4. The van der Waals surface area contributed by atoms with Crippen LogP contribution >= 0.6 is 0 Å². The second-order valence-corrected chi connectivity index (χ2v) is 7.19. The van der Waals surface area contributed by atoms with Gasteiger partial charge in [-0.05, 0) is 37.5 Å². The molecule has 8 heteroatoms. The fourth-order valence-electron chi connectivity index (χ4n) is 2.73. The summed E-state index contributed by atoms with van der Waals surface area (Å²) >= 11 is 0. The summed E-state index contributed by atoms with van der Waals surface area (Å²) in [5, 5.41) is 14.6. The van der Waals surface area contributed by atoms with Gasteiger partial charge < -0.3 is 15.4 Å². The minimum Gasteiger partial charge on any atom is -0.497 e. The number of amides is 4. The molecule has 0 aliphatic carbocycles. The molecule has 0 spiro atoms. The second kappa shape index (κ2) is 7.27. The summed E-state index contributed by atoms with van der Waals surface area (Å²) in [5.41, 5.74) is -1.79. The number of nitrogens with one attached hydrogen (secondary N) is 2. The van der Waals surface area contributed by atoms with Crippen molar-refractivity contribution in [3.05, 3.63) is 29.8 Å². The Morgan fingerprint density at radius 1 is 1.37 bits per heavy atom. The molecule has 1 aliphatic rings. The molecule has 27 heavy (non-hydrogen) atoms. The molecule has 1 saturated heterocycles. The van der Waals surface area contributed by atoms with Crippen molar-refractivity contribution in [2.75, 3.05) is 13.7 Å². The topological polar surface area (TPSA) is 112 Å². The maximum atomic E-state index is 12.9. The predicted octanol–water partition coefficient (Wildman–Crippen LogP) is 1.52. The molecule has 0 bridgehead atoms. The highest BCUT2D eigenvalue weighted by Gasteiger charge is 2.49. The van der Waals surface area contributed by atoms with Gasteiger partial charge in [-0.3, -0.25) is 14.5 Å². The van der Waals surface area contributed by atoms with Gasteiger partial charge in [0.15, 0.2) is 0 Å². The van der Waals surface area contributed by atoms with Gasteiger partial charge in [-0.2, -0.15) is 5.26 Å². The molecule has 2 atom stereocenters. The average molecular weight is 372 g/mol. The molecule has 1 aromatic carbocycles. The van der Waals surface area contributed by atoms with Crippen LogP contribution in [0.15, 0.2) is 24.3 Å². The van der Waals surface area contributed by atoms with Crippen molar-refractivity contribution >= 4 is 17.8 Å². The Morgan fingerprint density at radius 2 is 1.96 bits per heavy atom. The van der Waals surface area contributed by atoms with E-state index >= 15 is 0 Å². The van der Waals surface area contributed by atoms with Crippen LogP contribution in [0.25, 0.3) is 0 Å². The van der Waals surface area contributed by atoms with Gasteiger partial charge in [0.2, 0.25) is 5.91 Å². The van der Waals surface area contributed by atoms with Crippen molar-refractivity contribution in [3.63, 3.8) is 0 Å². The van der Waals surface area contributed by atoms with Crippen molar-refractivity contribution in [3.8, 4) is 11.8 Å². The van der Waals surface area contributed by atoms with Crippen molar-refractivity contribution in [2.45, 2.75) is 38.8 Å². The van der Waals surface area contributed by atoms with Gasteiger partial charge in [-0.25, -0.2) is 4.79 Å². The number of methoxy groups -OCH3 is 1. The first kappa shape index (κ1) is 20.2. The van der Waals surface area contributed by atoms with E-state index in [0.29, 0.717) is 11.3 Å². The summed E-state index contributed by atoms with van der Waals surface area (Å²) in [5.74, 6) is -0.620. The molecule has 0 unspecified atom stereocenters. The van der Waals surface area contributed by atoms with E-state index in [1.54, 1.807) is 52.0 Å². The standard InChI is InChI=1S/C19H24N4O4/c1-12(2)18(3,11-20)21-15(24)10-23-16(25)19(4,22-17(23)26)13-6-8-14(27-5)9-7-13/h6-9,12H,10H2,1-5H3,(H,21,24)(H,22,26)/t18-,19+/m1/s1. The fourth-order valence-corrected chi connectivity index (χ4v) is 2.73. The Balaban J connectivity index is 2.18. The lowest BCUT2D eigenvalue weighted by Gasteiger charge is -2.28. The number of urea groups is 1. The summed E-state index contributed by atoms with van der Waals surface area (Å²) in [6, 6.07) is 8.16. The van der Waals surface area contributed by atoms with Crippen LogP contribution in [0.1, 0.15) is 33.3 Å². The third-order valence-electron chi connectivity index (χ3n) is 5.03. The van der Waals surface area contributed by atoms with Crippen LogP contribution in [0, 0.1) is 17.2 Å². The number of rotatable bonds is 6. The van der Waals surface area contributed by atoms with E-state index in [9.17, 15) is 19.6 Å². The highest BCUT2D eigenvalue weighted by Crippen LogP contribution is 2.30. The Labute approximate surface area is 158 Å². The van der Waals surface area contributed by atoms with Gasteiger partial charge in [-0.1, -0.05) is 26.0 Å². The molecule has 144 valence electrons. The van der Waals surface area contributed by atoms with Crippen molar-refractivity contribution < 1.29 is 19.1 Å². The van der Waals surface area contributed by atoms with Gasteiger partial charge in [-0.15, -0.1) is 0 Å². The number of nitrogens with zero attached hydrogens (tertiary/aromatic N) is 2. The van der Waals surface area contributed by atoms with E-state index in [1.165, 1.54) is 7.11 Å². The quantitative estimate of drug-likeness (QED) is 0.735. The molecular formula is C19H24N4O4. The van der Waals surface area contributed by atoms with Crippen molar-refractivity contribution in [1.29, 1.82) is 5.26 Å². The Morgan fingerprint density at radius 3 is 2.44 bits per heavy atom. The number of nitriles is 1. The highest BCUT2D eigenvalue weighted by molar-refractivity contribution is 6.09. The lowest BCUT2D eigenvalue weighted by Crippen LogP contribution is -2.52. The van der Waals surface area contributed by atoms with Crippen LogP contribution in [-0.4, -0.2) is 41.9 Å². The first-order valence-electron chi connectivity index (χ1n) is 8.58. The molecule has 1 heterocycles. The lowest BCUT2D eigenvalue weighted by molar-refractivity contribution is -0.135. The van der Waals surface area contributed by atoms with E-state index in [-0.39, 0.29) is 5.92 Å². The Kier molecular flexibility index (Phi) is 5.45. The number of carbonyl (C=O) groups is 3. The maximum absolute atomic E-state index is 12.9. The fraction of sp³-hybridized carbons (Fsp3) is 0.474. The van der Waals surface area contributed by atoms with Gasteiger partial charge in [0.25, 0.3) is 5.91 Å². The molecular weight excluding hydrogens is 348 g/mol. The van der Waals surface area contributed by atoms with Crippen LogP contribution in [0.3, 0.4) is 0 Å². The van der Waals surface area contributed by atoms with E-state index < -0.39 is 35.5 Å². The van der Waals surface area contributed by atoms with E-state index in [2.05, 4.69) is 16.7 Å². The van der Waals surface area contributed by atoms with Crippen LogP contribution in [0.2, 0.25) is 0 Å². The normalized spacial score (nSPS) is 21.4. The number of hydrogen-bond donors (Lipinski definition) is 2. The summed E-state index contributed by atoms with van der Waals surface area (Å²) in [6.45, 7) is 6.33. The number of carbonyl (C=O) groups excluding carboxylic acids is 3. The zero-order valence-corrected chi connectivity index (χ0v) is 16.1. The molecule has 1 aliphatic heterocycles. The largest absolute Gasteiger partial charge is 0.497 e. The van der Waals surface area contributed by atoms with E-state index in [0.717, 1.165) is 4.90 Å². The third kappa shape index (κ3) is 3.72. The first-order chi connectivity index (χ1) is 12.6. The minimum atomic E-state index is -1.28. The molecule has 0 saturated carbocycles. The van der Waals surface area contributed by atoms with Crippen molar-refractivity contribution in [2.24, 2.45) is 5.92 Å². The number of benzene rings is 1. The smallest absolute Gasteiger partial charge is 0.325 e. The highest BCUT2D eigenvalue weighted by atomic mass is 16.5. The molecule has 0 aromatic heterocycles. The maximum Gasteiger partial charge on any atom is 0.325 e. The summed E-state index contributed by atoms with van der Waals surface area (Å²) in [6.07, 6.45) is 0. The monoisotopic (exact) mass is 372 g/mol. The van der Waals surface area contributed by atoms with Crippen LogP contribution in [0.5, 0.6) is 5.75 Å². The summed E-state index contributed by atoms with van der Waals surface area (Å²) in [4.78, 5) is 38.4. The average Bonchev–Trinajstić information content (AvgIpc) is 2.85. The van der Waals surface area contributed by atoms with Gasteiger partial charge in [0.1, 0.15) is 23.4 Å². The molecule has 2 rings (SSSR count). The number of imide groups is 1. The molecule has 4 amide bonds. The van der Waals surface area contributed by atoms with Crippen LogP contribution in [-0.2, 0) is 15.1 Å². The van der Waals surface area contributed by atoms with Crippen LogP contribution in [0.4, 0.5) is 4.79 Å². The molecule has 1 fully saturated rings.